The molecular weight excluding hydrogens is 220 g/mol. The van der Waals surface area contributed by atoms with E-state index in [2.05, 4.69) is 17.6 Å². The van der Waals surface area contributed by atoms with Crippen LogP contribution in [0.1, 0.15) is 32.6 Å². The van der Waals surface area contributed by atoms with Gasteiger partial charge in [0.2, 0.25) is 5.91 Å². The number of thioether (sulfide) groups is 1. The maximum absolute atomic E-state index is 12.3. The van der Waals surface area contributed by atoms with Crippen molar-refractivity contribution in [3.05, 3.63) is 0 Å². The van der Waals surface area contributed by atoms with Gasteiger partial charge in [0.05, 0.1) is 5.41 Å². The molecule has 2 rings (SSSR count). The van der Waals surface area contributed by atoms with E-state index in [-0.39, 0.29) is 11.3 Å². The number of rotatable bonds is 3. The summed E-state index contributed by atoms with van der Waals surface area (Å²) in [5, 5.41) is 6.58. The number of hydrogen-bond acceptors (Lipinski definition) is 3. The van der Waals surface area contributed by atoms with Gasteiger partial charge in [-0.25, -0.2) is 0 Å². The lowest BCUT2D eigenvalue weighted by molar-refractivity contribution is -0.131. The molecule has 0 aromatic carbocycles. The van der Waals surface area contributed by atoms with Crippen LogP contribution in [0, 0.1) is 5.41 Å². The zero-order valence-electron chi connectivity index (χ0n) is 10.1. The SMILES string of the molecule is CCC1(C(=O)NC2CCSCC2)CCNC1. The third-order valence-electron chi connectivity index (χ3n) is 3.96. The molecule has 0 aromatic heterocycles. The number of carbonyl (C=O) groups is 1. The van der Waals surface area contributed by atoms with Gasteiger partial charge >= 0.3 is 0 Å². The molecule has 0 spiro atoms. The van der Waals surface area contributed by atoms with Crippen molar-refractivity contribution in [2.75, 3.05) is 24.6 Å². The Hall–Kier alpha value is -0.220. The van der Waals surface area contributed by atoms with E-state index in [1.807, 2.05) is 11.8 Å². The van der Waals surface area contributed by atoms with E-state index in [9.17, 15) is 4.79 Å². The molecule has 1 unspecified atom stereocenters. The van der Waals surface area contributed by atoms with Gasteiger partial charge in [-0.2, -0.15) is 11.8 Å². The predicted molar refractivity (Wildman–Crippen MR) is 68.7 cm³/mol. The highest BCUT2D eigenvalue weighted by Crippen LogP contribution is 2.30. The lowest BCUT2D eigenvalue weighted by atomic mass is 9.83. The van der Waals surface area contributed by atoms with Crippen molar-refractivity contribution in [2.24, 2.45) is 5.41 Å². The fraction of sp³-hybridized carbons (Fsp3) is 0.917. The Bertz CT molecular complexity index is 245. The molecule has 16 heavy (non-hydrogen) atoms. The Morgan fingerprint density at radius 1 is 1.50 bits per heavy atom. The third kappa shape index (κ3) is 2.54. The molecule has 3 nitrogen and oxygen atoms in total. The molecule has 2 saturated heterocycles. The molecule has 92 valence electrons. The molecule has 2 fully saturated rings. The molecule has 2 heterocycles. The van der Waals surface area contributed by atoms with Crippen molar-refractivity contribution < 1.29 is 4.79 Å². The molecule has 2 aliphatic heterocycles. The Balaban J connectivity index is 1.90. The smallest absolute Gasteiger partial charge is 0.227 e. The summed E-state index contributed by atoms with van der Waals surface area (Å²) in [5.74, 6) is 2.68. The van der Waals surface area contributed by atoms with Crippen LogP contribution in [0.2, 0.25) is 0 Å². The Morgan fingerprint density at radius 3 is 2.81 bits per heavy atom. The molecule has 2 N–H and O–H groups in total. The summed E-state index contributed by atoms with van der Waals surface area (Å²) in [7, 11) is 0. The lowest BCUT2D eigenvalue weighted by Crippen LogP contribution is -2.47. The first kappa shape index (κ1) is 12.2. The summed E-state index contributed by atoms with van der Waals surface area (Å²) in [6, 6.07) is 0.428. The van der Waals surface area contributed by atoms with Gasteiger partial charge in [0, 0.05) is 12.6 Å². The van der Waals surface area contributed by atoms with Crippen molar-refractivity contribution in [3.63, 3.8) is 0 Å². The highest BCUT2D eigenvalue weighted by molar-refractivity contribution is 7.99. The maximum Gasteiger partial charge on any atom is 0.227 e. The molecule has 0 aromatic rings. The van der Waals surface area contributed by atoms with E-state index in [1.54, 1.807) is 0 Å². The molecule has 0 aliphatic carbocycles. The van der Waals surface area contributed by atoms with Gasteiger partial charge in [0.25, 0.3) is 0 Å². The lowest BCUT2D eigenvalue weighted by Gasteiger charge is -2.30. The van der Waals surface area contributed by atoms with Gasteiger partial charge < -0.3 is 10.6 Å². The van der Waals surface area contributed by atoms with E-state index in [0.717, 1.165) is 38.8 Å². The standard InChI is InChI=1S/C12H22N2OS/c1-2-12(5-6-13-9-12)11(15)14-10-3-7-16-8-4-10/h10,13H,2-9H2,1H3,(H,14,15). The van der Waals surface area contributed by atoms with Crippen LogP contribution in [0.5, 0.6) is 0 Å². The molecule has 0 bridgehead atoms. The van der Waals surface area contributed by atoms with Crippen LogP contribution in [0.15, 0.2) is 0 Å². The van der Waals surface area contributed by atoms with Crippen LogP contribution >= 0.6 is 11.8 Å². The minimum atomic E-state index is -0.120. The first-order valence-corrected chi connectivity index (χ1v) is 7.52. The van der Waals surface area contributed by atoms with Crippen molar-refractivity contribution in [1.82, 2.24) is 10.6 Å². The van der Waals surface area contributed by atoms with E-state index in [1.165, 1.54) is 11.5 Å². The zero-order chi connectivity index (χ0) is 11.4. The van der Waals surface area contributed by atoms with E-state index >= 15 is 0 Å². The molecule has 0 radical (unpaired) electrons. The van der Waals surface area contributed by atoms with Crippen molar-refractivity contribution >= 4 is 17.7 Å². The second-order valence-corrected chi connectivity index (χ2v) is 6.15. The van der Waals surface area contributed by atoms with Crippen molar-refractivity contribution in [3.8, 4) is 0 Å². The van der Waals surface area contributed by atoms with Crippen LogP contribution in [0.4, 0.5) is 0 Å². The Kier molecular flexibility index (Phi) is 4.14. The minimum Gasteiger partial charge on any atom is -0.353 e. The summed E-state index contributed by atoms with van der Waals surface area (Å²) >= 11 is 2.00. The van der Waals surface area contributed by atoms with E-state index < -0.39 is 0 Å². The summed E-state index contributed by atoms with van der Waals surface area (Å²) in [5.41, 5.74) is -0.120. The Morgan fingerprint density at radius 2 is 2.25 bits per heavy atom. The normalized spacial score (nSPS) is 31.6. The molecule has 0 saturated carbocycles. The first-order chi connectivity index (χ1) is 7.77. The largest absolute Gasteiger partial charge is 0.353 e. The van der Waals surface area contributed by atoms with Gasteiger partial charge in [-0.15, -0.1) is 0 Å². The summed E-state index contributed by atoms with van der Waals surface area (Å²) in [4.78, 5) is 12.3. The maximum atomic E-state index is 12.3. The number of hydrogen-bond donors (Lipinski definition) is 2. The van der Waals surface area contributed by atoms with Gasteiger partial charge in [-0.1, -0.05) is 6.92 Å². The van der Waals surface area contributed by atoms with Crippen molar-refractivity contribution in [2.45, 2.75) is 38.6 Å². The second-order valence-electron chi connectivity index (χ2n) is 4.92. The second kappa shape index (κ2) is 5.41. The molecular formula is C12H22N2OS. The van der Waals surface area contributed by atoms with Gasteiger partial charge in [-0.05, 0) is 43.7 Å². The number of nitrogens with one attached hydrogen (secondary N) is 2. The van der Waals surface area contributed by atoms with E-state index in [0.29, 0.717) is 6.04 Å². The van der Waals surface area contributed by atoms with E-state index in [4.69, 9.17) is 0 Å². The average molecular weight is 242 g/mol. The molecule has 1 atom stereocenters. The Labute approximate surface area is 102 Å². The fourth-order valence-electron chi connectivity index (χ4n) is 2.58. The average Bonchev–Trinajstić information content (AvgIpc) is 2.80. The van der Waals surface area contributed by atoms with Gasteiger partial charge in [-0.3, -0.25) is 4.79 Å². The minimum absolute atomic E-state index is 0.120. The zero-order valence-corrected chi connectivity index (χ0v) is 10.9. The summed E-state index contributed by atoms with van der Waals surface area (Å²) < 4.78 is 0. The number of carbonyl (C=O) groups excluding carboxylic acids is 1. The van der Waals surface area contributed by atoms with Crippen LogP contribution in [-0.2, 0) is 4.79 Å². The van der Waals surface area contributed by atoms with Gasteiger partial charge in [0.15, 0.2) is 0 Å². The molecule has 2 aliphatic rings. The van der Waals surface area contributed by atoms with Crippen LogP contribution in [-0.4, -0.2) is 36.5 Å². The molecule has 1 amide bonds. The monoisotopic (exact) mass is 242 g/mol. The van der Waals surface area contributed by atoms with Crippen LogP contribution < -0.4 is 10.6 Å². The van der Waals surface area contributed by atoms with Crippen molar-refractivity contribution in [1.29, 1.82) is 0 Å². The summed E-state index contributed by atoms with van der Waals surface area (Å²) in [6.07, 6.45) is 4.23. The topological polar surface area (TPSA) is 41.1 Å². The highest BCUT2D eigenvalue weighted by atomic mass is 32.2. The first-order valence-electron chi connectivity index (χ1n) is 6.36. The van der Waals surface area contributed by atoms with Gasteiger partial charge in [0.1, 0.15) is 0 Å². The highest BCUT2D eigenvalue weighted by Gasteiger charge is 2.40. The number of amides is 1. The fourth-order valence-corrected chi connectivity index (χ4v) is 3.69. The predicted octanol–water partition coefficient (Wildman–Crippen LogP) is 1.39. The quantitative estimate of drug-likeness (QED) is 0.786. The molecule has 4 heteroatoms. The third-order valence-corrected chi connectivity index (χ3v) is 5.01. The van der Waals surface area contributed by atoms with Crippen LogP contribution in [0.3, 0.4) is 0 Å². The van der Waals surface area contributed by atoms with Crippen LogP contribution in [0.25, 0.3) is 0 Å². The summed E-state index contributed by atoms with van der Waals surface area (Å²) in [6.45, 7) is 3.97.